The zero-order chi connectivity index (χ0) is 16.0. The molecule has 21 heavy (non-hydrogen) atoms. The van der Waals surface area contributed by atoms with E-state index >= 15 is 0 Å². The van der Waals surface area contributed by atoms with Gasteiger partial charge in [-0.15, -0.1) is 0 Å². The summed E-state index contributed by atoms with van der Waals surface area (Å²) in [4.78, 5) is 31.4. The molecule has 4 N–H and O–H groups in total. The lowest BCUT2D eigenvalue weighted by molar-refractivity contribution is -0.701. The van der Waals surface area contributed by atoms with Gasteiger partial charge in [-0.05, 0) is 6.92 Å². The minimum absolute atomic E-state index is 0.100. The molecule has 2 unspecified atom stereocenters. The van der Waals surface area contributed by atoms with Crippen molar-refractivity contribution < 1.29 is 29.2 Å². The lowest BCUT2D eigenvalue weighted by Gasteiger charge is -2.16. The summed E-state index contributed by atoms with van der Waals surface area (Å²) in [7, 11) is 0. The molecular formula is C13H17N3O5. The third kappa shape index (κ3) is 4.84. The van der Waals surface area contributed by atoms with Crippen molar-refractivity contribution in [1.29, 1.82) is 0 Å². The van der Waals surface area contributed by atoms with E-state index < -0.39 is 29.4 Å². The number of amides is 1. The summed E-state index contributed by atoms with van der Waals surface area (Å²) in [5.41, 5.74) is 4.81. The van der Waals surface area contributed by atoms with Crippen molar-refractivity contribution in [2.24, 2.45) is 5.73 Å². The summed E-state index contributed by atoms with van der Waals surface area (Å²) in [6.45, 7) is 1.24. The summed E-state index contributed by atoms with van der Waals surface area (Å²) in [5.74, 6) is -2.55. The molecule has 0 bridgehead atoms. The van der Waals surface area contributed by atoms with Crippen LogP contribution in [0.25, 0.3) is 0 Å². The summed E-state index contributed by atoms with van der Waals surface area (Å²) < 4.78 is 1.77. The standard InChI is InChI=1S/C11H13N3O3.C2H4O2/c12-11(7-14-4-2-1-3-5-14)6-8(9(15)16)13-10(11)17;1-2(3)4/h1-5,8H,6-7,12H2,(H-,13,15,16,17);1H3,(H,3,4). The minimum atomic E-state index is -1.16. The number of carbonyl (C=O) groups is 3. The molecule has 1 aromatic heterocycles. The van der Waals surface area contributed by atoms with E-state index in [1.165, 1.54) is 0 Å². The number of carboxylic acid groups (broad SMARTS) is 2. The van der Waals surface area contributed by atoms with Crippen LogP contribution in [0.1, 0.15) is 13.3 Å². The van der Waals surface area contributed by atoms with Crippen LogP contribution in [0.15, 0.2) is 30.6 Å². The smallest absolute Gasteiger partial charge is 0.326 e. The average molecular weight is 295 g/mol. The highest BCUT2D eigenvalue weighted by atomic mass is 16.4. The molecule has 0 radical (unpaired) electrons. The number of aliphatic carboxylic acids is 2. The largest absolute Gasteiger partial charge is 0.550 e. The first-order chi connectivity index (χ1) is 9.74. The Labute approximate surface area is 121 Å². The molecule has 0 aromatic carbocycles. The summed E-state index contributed by atoms with van der Waals surface area (Å²) in [6.07, 6.45) is 3.68. The summed E-state index contributed by atoms with van der Waals surface area (Å²) in [6, 6.07) is 4.61. The van der Waals surface area contributed by atoms with Gasteiger partial charge in [-0.25, -0.2) is 9.36 Å². The Morgan fingerprint density at radius 1 is 1.48 bits per heavy atom. The van der Waals surface area contributed by atoms with Gasteiger partial charge in [0.15, 0.2) is 24.5 Å². The molecule has 1 amide bonds. The fraction of sp³-hybridized carbons (Fsp3) is 0.385. The molecule has 114 valence electrons. The SMILES string of the molecule is CC(=O)[O-].NC1(C[n+]2ccccc2)CC(C(=O)O)NC1=O. The van der Waals surface area contributed by atoms with Crippen molar-refractivity contribution in [2.45, 2.75) is 31.5 Å². The van der Waals surface area contributed by atoms with Gasteiger partial charge in [0, 0.05) is 24.5 Å². The van der Waals surface area contributed by atoms with E-state index in [4.69, 9.17) is 20.7 Å². The van der Waals surface area contributed by atoms with Crippen molar-refractivity contribution in [2.75, 3.05) is 0 Å². The molecule has 1 aliphatic heterocycles. The van der Waals surface area contributed by atoms with E-state index in [0.29, 0.717) is 0 Å². The number of aromatic nitrogens is 1. The second-order valence-electron chi connectivity index (χ2n) is 4.76. The monoisotopic (exact) mass is 295 g/mol. The summed E-state index contributed by atoms with van der Waals surface area (Å²) >= 11 is 0. The van der Waals surface area contributed by atoms with E-state index in [-0.39, 0.29) is 13.0 Å². The van der Waals surface area contributed by atoms with Crippen LogP contribution < -0.4 is 20.7 Å². The van der Waals surface area contributed by atoms with Crippen LogP contribution in [0.3, 0.4) is 0 Å². The van der Waals surface area contributed by atoms with Crippen molar-refractivity contribution >= 4 is 17.8 Å². The van der Waals surface area contributed by atoms with Crippen LogP contribution in [0.4, 0.5) is 0 Å². The second kappa shape index (κ2) is 6.80. The van der Waals surface area contributed by atoms with Crippen molar-refractivity contribution in [1.82, 2.24) is 5.32 Å². The third-order valence-corrected chi connectivity index (χ3v) is 2.87. The lowest BCUT2D eigenvalue weighted by atomic mass is 9.96. The van der Waals surface area contributed by atoms with Crippen LogP contribution in [-0.2, 0) is 20.9 Å². The predicted octanol–water partition coefficient (Wildman–Crippen LogP) is -2.60. The first-order valence-electron chi connectivity index (χ1n) is 6.19. The van der Waals surface area contributed by atoms with Crippen LogP contribution in [0.5, 0.6) is 0 Å². The van der Waals surface area contributed by atoms with Crippen LogP contribution in [0.2, 0.25) is 0 Å². The van der Waals surface area contributed by atoms with Crippen molar-refractivity contribution in [3.8, 4) is 0 Å². The lowest BCUT2D eigenvalue weighted by Crippen LogP contribution is -2.57. The quantitative estimate of drug-likeness (QED) is 0.523. The van der Waals surface area contributed by atoms with Crippen LogP contribution in [0, 0.1) is 0 Å². The van der Waals surface area contributed by atoms with Gasteiger partial charge in [0.1, 0.15) is 6.04 Å². The van der Waals surface area contributed by atoms with Gasteiger partial charge in [-0.3, -0.25) is 4.79 Å². The van der Waals surface area contributed by atoms with E-state index in [1.807, 2.05) is 18.2 Å². The predicted molar refractivity (Wildman–Crippen MR) is 68.4 cm³/mol. The number of nitrogens with two attached hydrogens (primary N) is 1. The molecule has 8 heteroatoms. The van der Waals surface area contributed by atoms with Crippen LogP contribution in [-0.4, -0.2) is 34.5 Å². The number of nitrogens with one attached hydrogen (secondary N) is 1. The Morgan fingerprint density at radius 3 is 2.43 bits per heavy atom. The highest BCUT2D eigenvalue weighted by Gasteiger charge is 2.49. The topological polar surface area (TPSA) is 136 Å². The van der Waals surface area contributed by atoms with Gasteiger partial charge in [-0.2, -0.15) is 0 Å². The fourth-order valence-corrected chi connectivity index (χ4v) is 1.96. The van der Waals surface area contributed by atoms with Gasteiger partial charge in [-0.1, -0.05) is 6.07 Å². The molecule has 2 rings (SSSR count). The maximum Gasteiger partial charge on any atom is 0.326 e. The molecule has 2 heterocycles. The number of hydrogen-bond donors (Lipinski definition) is 3. The Kier molecular flexibility index (Phi) is 5.37. The molecule has 1 saturated heterocycles. The number of carboxylic acids is 2. The highest BCUT2D eigenvalue weighted by molar-refractivity contribution is 5.94. The fourth-order valence-electron chi connectivity index (χ4n) is 1.96. The normalized spacial score (nSPS) is 23.7. The van der Waals surface area contributed by atoms with E-state index in [2.05, 4.69) is 5.32 Å². The first-order valence-corrected chi connectivity index (χ1v) is 6.19. The van der Waals surface area contributed by atoms with E-state index in [1.54, 1.807) is 17.0 Å². The third-order valence-electron chi connectivity index (χ3n) is 2.87. The Bertz CT molecular complexity index is 530. The Morgan fingerprint density at radius 2 is 2.00 bits per heavy atom. The molecule has 0 spiro atoms. The van der Waals surface area contributed by atoms with Gasteiger partial charge in [0.25, 0.3) is 0 Å². The van der Waals surface area contributed by atoms with E-state index in [0.717, 1.165) is 6.92 Å². The number of carbonyl (C=O) groups excluding carboxylic acids is 2. The first kappa shape index (κ1) is 16.6. The van der Waals surface area contributed by atoms with Crippen LogP contribution >= 0.6 is 0 Å². The molecule has 2 atom stereocenters. The Balaban J connectivity index is 0.000000491. The maximum absolute atomic E-state index is 11.7. The zero-order valence-corrected chi connectivity index (χ0v) is 11.5. The van der Waals surface area contributed by atoms with Gasteiger partial charge in [0.05, 0.1) is 0 Å². The number of pyridine rings is 1. The van der Waals surface area contributed by atoms with Gasteiger partial charge < -0.3 is 26.1 Å². The van der Waals surface area contributed by atoms with Gasteiger partial charge in [0.2, 0.25) is 5.91 Å². The Hall–Kier alpha value is -2.48. The van der Waals surface area contributed by atoms with Gasteiger partial charge >= 0.3 is 5.97 Å². The molecule has 0 aliphatic carbocycles. The molecule has 1 aromatic rings. The number of nitrogens with zero attached hydrogens (tertiary/aromatic N) is 1. The second-order valence-corrected chi connectivity index (χ2v) is 4.76. The average Bonchev–Trinajstić information content (AvgIpc) is 2.66. The van der Waals surface area contributed by atoms with E-state index in [9.17, 15) is 9.59 Å². The number of rotatable bonds is 3. The maximum atomic E-state index is 11.7. The molecule has 1 fully saturated rings. The molecule has 1 aliphatic rings. The molecule has 8 nitrogen and oxygen atoms in total. The zero-order valence-electron chi connectivity index (χ0n) is 11.5. The molecule has 0 saturated carbocycles. The highest BCUT2D eigenvalue weighted by Crippen LogP contribution is 2.18. The minimum Gasteiger partial charge on any atom is -0.550 e. The van der Waals surface area contributed by atoms with Crippen molar-refractivity contribution in [3.05, 3.63) is 30.6 Å². The number of hydrogen-bond acceptors (Lipinski definition) is 5. The molecular weight excluding hydrogens is 278 g/mol. The van der Waals surface area contributed by atoms with Crippen molar-refractivity contribution in [3.63, 3.8) is 0 Å². The summed E-state index contributed by atoms with van der Waals surface area (Å²) in [5, 5.41) is 20.1.